The lowest BCUT2D eigenvalue weighted by molar-refractivity contribution is 0.184. The van der Waals surface area contributed by atoms with Crippen LogP contribution >= 0.6 is 0 Å². The van der Waals surface area contributed by atoms with Crippen LogP contribution in [0, 0.1) is 13.8 Å². The van der Waals surface area contributed by atoms with Gasteiger partial charge in [-0.3, -0.25) is 0 Å². The van der Waals surface area contributed by atoms with Crippen LogP contribution in [0.1, 0.15) is 17.1 Å². The van der Waals surface area contributed by atoms with E-state index in [9.17, 15) is 0 Å². The highest BCUT2D eigenvalue weighted by Crippen LogP contribution is 2.16. The standard InChI is InChI=1S/C9H13N5O/c1-5-7(4-15-3)8-12-6(2)13-14(8)9(10)11-5/h4H2,1-3H3,(H2,10,11). The monoisotopic (exact) mass is 207 g/mol. The number of hydrogen-bond acceptors (Lipinski definition) is 5. The Labute approximate surface area is 87.1 Å². The third kappa shape index (κ3) is 1.52. The SMILES string of the molecule is COCc1c(C)nc(N)n2nc(C)nc12. The van der Waals surface area contributed by atoms with Crippen LogP contribution in [-0.4, -0.2) is 26.7 Å². The molecule has 0 amide bonds. The first kappa shape index (κ1) is 9.85. The third-order valence-electron chi connectivity index (χ3n) is 2.21. The number of anilines is 1. The summed E-state index contributed by atoms with van der Waals surface area (Å²) in [6, 6.07) is 0. The van der Waals surface area contributed by atoms with E-state index in [4.69, 9.17) is 10.5 Å². The van der Waals surface area contributed by atoms with E-state index >= 15 is 0 Å². The molecule has 2 rings (SSSR count). The fourth-order valence-electron chi connectivity index (χ4n) is 1.53. The van der Waals surface area contributed by atoms with Crippen LogP contribution in [0.4, 0.5) is 5.95 Å². The lowest BCUT2D eigenvalue weighted by Gasteiger charge is -2.06. The number of aromatic nitrogens is 4. The van der Waals surface area contributed by atoms with Crippen molar-refractivity contribution in [3.05, 3.63) is 17.1 Å². The summed E-state index contributed by atoms with van der Waals surface area (Å²) < 4.78 is 6.64. The summed E-state index contributed by atoms with van der Waals surface area (Å²) in [5.41, 5.74) is 8.22. The Kier molecular flexibility index (Phi) is 2.28. The van der Waals surface area contributed by atoms with E-state index < -0.39 is 0 Å². The van der Waals surface area contributed by atoms with Gasteiger partial charge >= 0.3 is 0 Å². The Hall–Kier alpha value is -1.69. The van der Waals surface area contributed by atoms with E-state index in [-0.39, 0.29) is 0 Å². The van der Waals surface area contributed by atoms with Crippen LogP contribution in [0.5, 0.6) is 0 Å². The molecule has 0 atom stereocenters. The number of methoxy groups -OCH3 is 1. The highest BCUT2D eigenvalue weighted by atomic mass is 16.5. The number of nitrogens with zero attached hydrogens (tertiary/aromatic N) is 4. The van der Waals surface area contributed by atoms with Gasteiger partial charge in [0.2, 0.25) is 5.95 Å². The Balaban J connectivity index is 2.76. The molecule has 0 spiro atoms. The van der Waals surface area contributed by atoms with Crippen LogP contribution in [0.3, 0.4) is 0 Å². The molecule has 0 aliphatic carbocycles. The Bertz CT molecular complexity index is 505. The van der Waals surface area contributed by atoms with Gasteiger partial charge < -0.3 is 10.5 Å². The van der Waals surface area contributed by atoms with Crippen LogP contribution < -0.4 is 5.73 Å². The quantitative estimate of drug-likeness (QED) is 0.774. The molecule has 0 aromatic carbocycles. The van der Waals surface area contributed by atoms with Crippen molar-refractivity contribution in [2.24, 2.45) is 0 Å². The number of rotatable bonds is 2. The molecular formula is C9H13N5O. The van der Waals surface area contributed by atoms with Crippen molar-refractivity contribution in [3.63, 3.8) is 0 Å². The predicted octanol–water partition coefficient (Wildman–Crippen LogP) is 0.470. The molecule has 0 aliphatic rings. The number of hydrogen-bond donors (Lipinski definition) is 1. The molecule has 2 aromatic rings. The molecule has 2 N–H and O–H groups in total. The summed E-state index contributed by atoms with van der Waals surface area (Å²) in [6.07, 6.45) is 0. The summed E-state index contributed by atoms with van der Waals surface area (Å²) in [5, 5.41) is 4.16. The van der Waals surface area contributed by atoms with Gasteiger partial charge in [-0.05, 0) is 13.8 Å². The molecule has 0 saturated carbocycles. The Morgan fingerprint density at radius 1 is 1.33 bits per heavy atom. The van der Waals surface area contributed by atoms with E-state index in [1.54, 1.807) is 7.11 Å². The van der Waals surface area contributed by atoms with E-state index in [0.29, 0.717) is 18.4 Å². The molecule has 2 aromatic heterocycles. The van der Waals surface area contributed by atoms with E-state index in [1.165, 1.54) is 4.52 Å². The summed E-state index contributed by atoms with van der Waals surface area (Å²) in [5.74, 6) is 1.02. The second-order valence-corrected chi connectivity index (χ2v) is 3.36. The fourth-order valence-corrected chi connectivity index (χ4v) is 1.53. The highest BCUT2D eigenvalue weighted by Gasteiger charge is 2.12. The summed E-state index contributed by atoms with van der Waals surface area (Å²) in [6.45, 7) is 4.16. The van der Waals surface area contributed by atoms with Crippen molar-refractivity contribution in [2.45, 2.75) is 20.5 Å². The summed E-state index contributed by atoms with van der Waals surface area (Å²) >= 11 is 0. The van der Waals surface area contributed by atoms with Crippen LogP contribution in [0.2, 0.25) is 0 Å². The van der Waals surface area contributed by atoms with Crippen molar-refractivity contribution in [3.8, 4) is 0 Å². The topological polar surface area (TPSA) is 78.3 Å². The van der Waals surface area contributed by atoms with Gasteiger partial charge in [0.05, 0.1) is 12.3 Å². The average molecular weight is 207 g/mol. The van der Waals surface area contributed by atoms with Gasteiger partial charge in [-0.25, -0.2) is 9.97 Å². The number of nitrogens with two attached hydrogens (primary N) is 1. The van der Waals surface area contributed by atoms with Gasteiger partial charge in [0.1, 0.15) is 5.82 Å². The van der Waals surface area contributed by atoms with Gasteiger partial charge in [-0.2, -0.15) is 4.52 Å². The Morgan fingerprint density at radius 2 is 2.07 bits per heavy atom. The minimum atomic E-state index is 0.350. The van der Waals surface area contributed by atoms with Gasteiger partial charge in [-0.1, -0.05) is 0 Å². The molecule has 6 heteroatoms. The normalized spacial score (nSPS) is 11.1. The molecular weight excluding hydrogens is 194 g/mol. The van der Waals surface area contributed by atoms with Crippen molar-refractivity contribution in [2.75, 3.05) is 12.8 Å². The largest absolute Gasteiger partial charge is 0.380 e. The average Bonchev–Trinajstić information content (AvgIpc) is 2.55. The molecule has 0 unspecified atom stereocenters. The van der Waals surface area contributed by atoms with E-state index in [0.717, 1.165) is 16.9 Å². The summed E-state index contributed by atoms with van der Waals surface area (Å²) in [4.78, 5) is 8.50. The predicted molar refractivity (Wildman–Crippen MR) is 55.4 cm³/mol. The maximum Gasteiger partial charge on any atom is 0.223 e. The second kappa shape index (κ2) is 3.47. The summed E-state index contributed by atoms with van der Waals surface area (Å²) in [7, 11) is 1.63. The lowest BCUT2D eigenvalue weighted by atomic mass is 10.2. The first-order valence-corrected chi connectivity index (χ1v) is 4.60. The Morgan fingerprint density at radius 3 is 2.73 bits per heavy atom. The molecule has 6 nitrogen and oxygen atoms in total. The number of nitrogen functional groups attached to an aromatic ring is 1. The zero-order valence-corrected chi connectivity index (χ0v) is 8.98. The minimum absolute atomic E-state index is 0.350. The van der Waals surface area contributed by atoms with Gasteiger partial charge in [0.25, 0.3) is 0 Å². The number of ether oxygens (including phenoxy) is 1. The molecule has 15 heavy (non-hydrogen) atoms. The third-order valence-corrected chi connectivity index (χ3v) is 2.21. The molecule has 0 saturated heterocycles. The van der Waals surface area contributed by atoms with Gasteiger partial charge in [0, 0.05) is 12.7 Å². The smallest absolute Gasteiger partial charge is 0.223 e. The maximum atomic E-state index is 5.74. The number of fused-ring (bicyclic) bond motifs is 1. The first-order valence-electron chi connectivity index (χ1n) is 4.60. The van der Waals surface area contributed by atoms with Gasteiger partial charge in [0.15, 0.2) is 5.65 Å². The van der Waals surface area contributed by atoms with E-state index in [2.05, 4.69) is 15.1 Å². The highest BCUT2D eigenvalue weighted by molar-refractivity contribution is 5.52. The van der Waals surface area contributed by atoms with Crippen molar-refractivity contribution < 1.29 is 4.74 Å². The zero-order valence-electron chi connectivity index (χ0n) is 8.98. The fraction of sp³-hybridized carbons (Fsp3) is 0.444. The van der Waals surface area contributed by atoms with Crippen LogP contribution in [0.15, 0.2) is 0 Å². The lowest BCUT2D eigenvalue weighted by Crippen LogP contribution is -2.08. The minimum Gasteiger partial charge on any atom is -0.380 e. The van der Waals surface area contributed by atoms with Crippen molar-refractivity contribution >= 4 is 11.6 Å². The zero-order chi connectivity index (χ0) is 11.0. The first-order chi connectivity index (χ1) is 7.13. The molecule has 2 heterocycles. The molecule has 80 valence electrons. The van der Waals surface area contributed by atoms with Crippen molar-refractivity contribution in [1.29, 1.82) is 0 Å². The van der Waals surface area contributed by atoms with Crippen molar-refractivity contribution in [1.82, 2.24) is 19.6 Å². The van der Waals surface area contributed by atoms with E-state index in [1.807, 2.05) is 13.8 Å². The van der Waals surface area contributed by atoms with Crippen LogP contribution in [0.25, 0.3) is 5.65 Å². The molecule has 0 radical (unpaired) electrons. The molecule has 0 aliphatic heterocycles. The molecule has 0 bridgehead atoms. The maximum absolute atomic E-state index is 5.74. The van der Waals surface area contributed by atoms with Crippen LogP contribution in [-0.2, 0) is 11.3 Å². The molecule has 0 fully saturated rings. The second-order valence-electron chi connectivity index (χ2n) is 3.36. The van der Waals surface area contributed by atoms with Gasteiger partial charge in [-0.15, -0.1) is 5.10 Å². The number of aryl methyl sites for hydroxylation is 2.